The highest BCUT2D eigenvalue weighted by Gasteiger charge is 2.23. The molecule has 0 unspecified atom stereocenters. The molecule has 5 nitrogen and oxygen atoms in total. The molecule has 0 saturated heterocycles. The first kappa shape index (κ1) is 15.1. The van der Waals surface area contributed by atoms with Gasteiger partial charge in [-0.3, -0.25) is 4.79 Å². The highest BCUT2D eigenvalue weighted by Crippen LogP contribution is 2.26. The minimum Gasteiger partial charge on any atom is -0.336 e. The van der Waals surface area contributed by atoms with Gasteiger partial charge in [-0.1, -0.05) is 0 Å². The van der Waals surface area contributed by atoms with E-state index in [1.165, 1.54) is 6.07 Å². The first-order chi connectivity index (χ1) is 8.18. The lowest BCUT2D eigenvalue weighted by Gasteiger charge is -2.24. The number of thiophene rings is 1. The zero-order chi connectivity index (χ0) is 14.1. The van der Waals surface area contributed by atoms with Crippen LogP contribution in [-0.4, -0.2) is 31.8 Å². The summed E-state index contributed by atoms with van der Waals surface area (Å²) in [5.74, 6) is -0.157. The van der Waals surface area contributed by atoms with Gasteiger partial charge in [0.2, 0.25) is 10.0 Å². The van der Waals surface area contributed by atoms with Crippen molar-refractivity contribution in [2.24, 2.45) is 5.14 Å². The molecule has 102 valence electrons. The van der Waals surface area contributed by atoms with E-state index in [1.807, 2.05) is 20.8 Å². The van der Waals surface area contributed by atoms with Gasteiger partial charge in [-0.2, -0.15) is 0 Å². The zero-order valence-corrected chi connectivity index (χ0v) is 12.6. The molecule has 2 N–H and O–H groups in total. The molecule has 0 aliphatic carbocycles. The molecule has 0 aliphatic heterocycles. The molecule has 18 heavy (non-hydrogen) atoms. The number of nitrogens with zero attached hydrogens (tertiary/aromatic N) is 1. The lowest BCUT2D eigenvalue weighted by Crippen LogP contribution is -2.36. The Balaban J connectivity index is 3.17. The van der Waals surface area contributed by atoms with Crippen molar-refractivity contribution >= 4 is 27.3 Å². The Morgan fingerprint density at radius 1 is 1.50 bits per heavy atom. The minimum absolute atomic E-state index is 0.0376. The first-order valence-electron chi connectivity index (χ1n) is 5.62. The Kier molecular flexibility index (Phi) is 4.52. The number of primary sulfonamides is 1. The Labute approximate surface area is 112 Å². The predicted octanol–water partition coefficient (Wildman–Crippen LogP) is 1.57. The lowest BCUT2D eigenvalue weighted by atomic mass is 10.3. The molecule has 1 amide bonds. The Bertz CT molecular complexity index is 547. The number of carbonyl (C=O) groups excluding carboxylic acids is 1. The fourth-order valence-corrected chi connectivity index (χ4v) is 3.84. The van der Waals surface area contributed by atoms with Crippen LogP contribution in [0.2, 0.25) is 0 Å². The maximum atomic E-state index is 12.2. The molecule has 0 saturated carbocycles. The van der Waals surface area contributed by atoms with Gasteiger partial charge in [0, 0.05) is 17.5 Å². The molecule has 0 fully saturated rings. The van der Waals surface area contributed by atoms with E-state index < -0.39 is 10.0 Å². The molecular weight excluding hydrogens is 272 g/mol. The molecule has 1 rings (SSSR count). The van der Waals surface area contributed by atoms with Crippen molar-refractivity contribution < 1.29 is 13.2 Å². The van der Waals surface area contributed by atoms with Gasteiger partial charge in [0.25, 0.3) is 5.91 Å². The van der Waals surface area contributed by atoms with Crippen molar-refractivity contribution in [1.82, 2.24) is 4.90 Å². The van der Waals surface area contributed by atoms with Crippen molar-refractivity contribution in [3.05, 3.63) is 15.8 Å². The van der Waals surface area contributed by atoms with E-state index in [0.29, 0.717) is 16.3 Å². The summed E-state index contributed by atoms with van der Waals surface area (Å²) in [6.45, 7) is 7.95. The van der Waals surface area contributed by atoms with Gasteiger partial charge in [-0.25, -0.2) is 13.6 Å². The van der Waals surface area contributed by atoms with E-state index in [1.54, 1.807) is 11.8 Å². The van der Waals surface area contributed by atoms with Crippen molar-refractivity contribution in [1.29, 1.82) is 0 Å². The topological polar surface area (TPSA) is 80.5 Å². The van der Waals surface area contributed by atoms with Crippen LogP contribution in [0.3, 0.4) is 0 Å². The molecule has 0 aliphatic rings. The number of carbonyl (C=O) groups is 1. The summed E-state index contributed by atoms with van der Waals surface area (Å²) in [6, 6.07) is 1.44. The average Bonchev–Trinajstić information content (AvgIpc) is 2.60. The first-order valence-corrected chi connectivity index (χ1v) is 7.99. The summed E-state index contributed by atoms with van der Waals surface area (Å²) >= 11 is 1.16. The fraction of sp³-hybridized carbons (Fsp3) is 0.545. The number of sulfonamides is 1. The number of aryl methyl sites for hydroxylation is 1. The van der Waals surface area contributed by atoms with Gasteiger partial charge in [0.15, 0.2) is 0 Å². The number of nitrogens with two attached hydrogens (primary N) is 1. The molecular formula is C11H18N2O3S2. The van der Waals surface area contributed by atoms with Crippen LogP contribution in [0.4, 0.5) is 0 Å². The second-order valence-electron chi connectivity index (χ2n) is 4.26. The standard InChI is InChI=1S/C11H18N2O3S2/c1-5-13(7(2)3)11(14)9-6-10(8(4)17-9)18(12,15)16/h6-7H,5H2,1-4H3,(H2,12,15,16). The van der Waals surface area contributed by atoms with Crippen LogP contribution in [-0.2, 0) is 10.0 Å². The van der Waals surface area contributed by atoms with Gasteiger partial charge in [-0.15, -0.1) is 11.3 Å². The third-order valence-corrected chi connectivity index (χ3v) is 4.82. The highest BCUT2D eigenvalue weighted by molar-refractivity contribution is 7.89. The molecule has 7 heteroatoms. The smallest absolute Gasteiger partial charge is 0.264 e. The van der Waals surface area contributed by atoms with Gasteiger partial charge >= 0.3 is 0 Å². The van der Waals surface area contributed by atoms with Crippen LogP contribution in [0.5, 0.6) is 0 Å². The third-order valence-electron chi connectivity index (χ3n) is 2.61. The Morgan fingerprint density at radius 2 is 2.06 bits per heavy atom. The molecule has 0 spiro atoms. The summed E-state index contributed by atoms with van der Waals surface area (Å²) in [6.07, 6.45) is 0. The van der Waals surface area contributed by atoms with E-state index in [9.17, 15) is 13.2 Å². The van der Waals surface area contributed by atoms with Crippen molar-refractivity contribution in [3.8, 4) is 0 Å². The van der Waals surface area contributed by atoms with Gasteiger partial charge in [0.05, 0.1) is 9.77 Å². The number of rotatable bonds is 4. The number of hydrogen-bond donors (Lipinski definition) is 1. The van der Waals surface area contributed by atoms with E-state index in [0.717, 1.165) is 11.3 Å². The third kappa shape index (κ3) is 3.09. The fourth-order valence-electron chi connectivity index (χ4n) is 1.74. The van der Waals surface area contributed by atoms with E-state index in [-0.39, 0.29) is 16.8 Å². The van der Waals surface area contributed by atoms with Crippen molar-refractivity contribution in [3.63, 3.8) is 0 Å². The summed E-state index contributed by atoms with van der Waals surface area (Å²) in [7, 11) is -3.76. The SMILES string of the molecule is CCN(C(=O)c1cc(S(N)(=O)=O)c(C)s1)C(C)C. The Hall–Kier alpha value is -0.920. The van der Waals surface area contributed by atoms with Crippen LogP contribution in [0, 0.1) is 6.92 Å². The number of amides is 1. The largest absolute Gasteiger partial charge is 0.336 e. The van der Waals surface area contributed by atoms with E-state index >= 15 is 0 Å². The molecule has 0 bridgehead atoms. The molecule has 1 aromatic rings. The summed E-state index contributed by atoms with van der Waals surface area (Å²) in [5.41, 5.74) is 0. The summed E-state index contributed by atoms with van der Waals surface area (Å²) in [5, 5.41) is 5.09. The summed E-state index contributed by atoms with van der Waals surface area (Å²) < 4.78 is 22.6. The average molecular weight is 290 g/mol. The molecule has 0 aromatic carbocycles. The van der Waals surface area contributed by atoms with Crippen LogP contribution in [0.1, 0.15) is 35.3 Å². The predicted molar refractivity (Wildman–Crippen MR) is 72.3 cm³/mol. The monoisotopic (exact) mass is 290 g/mol. The van der Waals surface area contributed by atoms with Crippen LogP contribution in [0.25, 0.3) is 0 Å². The minimum atomic E-state index is -3.76. The lowest BCUT2D eigenvalue weighted by molar-refractivity contribution is 0.0722. The summed E-state index contributed by atoms with van der Waals surface area (Å²) in [4.78, 5) is 14.9. The van der Waals surface area contributed by atoms with Crippen LogP contribution in [0.15, 0.2) is 11.0 Å². The van der Waals surface area contributed by atoms with Crippen LogP contribution < -0.4 is 5.14 Å². The maximum Gasteiger partial charge on any atom is 0.264 e. The van der Waals surface area contributed by atoms with E-state index in [2.05, 4.69) is 0 Å². The molecule has 0 atom stereocenters. The van der Waals surface area contributed by atoms with E-state index in [4.69, 9.17) is 5.14 Å². The second-order valence-corrected chi connectivity index (χ2v) is 7.05. The molecule has 1 heterocycles. The van der Waals surface area contributed by atoms with Crippen LogP contribution >= 0.6 is 11.3 Å². The zero-order valence-electron chi connectivity index (χ0n) is 10.9. The molecule has 1 aromatic heterocycles. The normalized spacial score (nSPS) is 11.9. The quantitative estimate of drug-likeness (QED) is 0.914. The highest BCUT2D eigenvalue weighted by atomic mass is 32.2. The van der Waals surface area contributed by atoms with Gasteiger partial charge in [0.1, 0.15) is 0 Å². The Morgan fingerprint density at radius 3 is 2.39 bits per heavy atom. The van der Waals surface area contributed by atoms with Gasteiger partial charge < -0.3 is 4.90 Å². The van der Waals surface area contributed by atoms with Gasteiger partial charge in [-0.05, 0) is 33.8 Å². The molecule has 0 radical (unpaired) electrons. The second kappa shape index (κ2) is 5.38. The van der Waals surface area contributed by atoms with Crippen molar-refractivity contribution in [2.75, 3.05) is 6.54 Å². The van der Waals surface area contributed by atoms with Crippen molar-refractivity contribution in [2.45, 2.75) is 38.6 Å². The number of hydrogen-bond acceptors (Lipinski definition) is 4. The maximum absolute atomic E-state index is 12.2.